The Morgan fingerprint density at radius 1 is 1.50 bits per heavy atom. The number of rotatable bonds is 0. The molecule has 0 fully saturated rings. The molecule has 3 heteroatoms. The van der Waals surface area contributed by atoms with Gasteiger partial charge in [-0.05, 0) is 42.5 Å². The maximum absolute atomic E-state index is 11.6. The predicted molar refractivity (Wildman–Crippen MR) is 64.6 cm³/mol. The number of nitrogen functional groups attached to an aromatic ring is 1. The normalized spacial score (nSPS) is 22.1. The van der Waals surface area contributed by atoms with E-state index in [9.17, 15) is 4.79 Å². The third kappa shape index (κ3) is 1.17. The lowest BCUT2D eigenvalue weighted by atomic mass is 9.83. The zero-order chi connectivity index (χ0) is 11.3. The van der Waals surface area contributed by atoms with Crippen molar-refractivity contribution in [3.8, 4) is 0 Å². The van der Waals surface area contributed by atoms with Gasteiger partial charge < -0.3 is 10.6 Å². The highest BCUT2D eigenvalue weighted by Gasteiger charge is 2.35. The molecule has 1 unspecified atom stereocenters. The molecule has 1 atom stereocenters. The molecule has 0 aromatic heterocycles. The fourth-order valence-electron chi connectivity index (χ4n) is 3.11. The van der Waals surface area contributed by atoms with Crippen LogP contribution < -0.4 is 10.6 Å². The molecule has 3 rings (SSSR count). The number of benzene rings is 1. The van der Waals surface area contributed by atoms with Gasteiger partial charge in [0.2, 0.25) is 5.91 Å². The van der Waals surface area contributed by atoms with Crippen molar-refractivity contribution in [2.24, 2.45) is 0 Å². The highest BCUT2D eigenvalue weighted by Crippen LogP contribution is 2.46. The van der Waals surface area contributed by atoms with Crippen molar-refractivity contribution in [3.05, 3.63) is 23.3 Å². The van der Waals surface area contributed by atoms with Crippen LogP contribution in [0.15, 0.2) is 12.1 Å². The number of carbonyl (C=O) groups is 1. The summed E-state index contributed by atoms with van der Waals surface area (Å²) in [7, 11) is 0. The molecule has 0 saturated carbocycles. The molecule has 3 nitrogen and oxygen atoms in total. The minimum Gasteiger partial charge on any atom is -0.398 e. The Labute approximate surface area is 95.2 Å². The number of hydrogen-bond acceptors (Lipinski definition) is 2. The number of nitrogens with zero attached hydrogens (tertiary/aromatic N) is 1. The average molecular weight is 216 g/mol. The van der Waals surface area contributed by atoms with Gasteiger partial charge in [0.05, 0.1) is 0 Å². The maximum Gasteiger partial charge on any atom is 0.223 e. The van der Waals surface area contributed by atoms with Gasteiger partial charge in [-0.15, -0.1) is 0 Å². The zero-order valence-electron chi connectivity index (χ0n) is 9.49. The monoisotopic (exact) mass is 216 g/mol. The third-order valence-electron chi connectivity index (χ3n) is 3.83. The van der Waals surface area contributed by atoms with Crippen LogP contribution in [-0.2, 0) is 11.2 Å². The molecule has 1 aliphatic carbocycles. The van der Waals surface area contributed by atoms with Crippen molar-refractivity contribution < 1.29 is 4.79 Å². The molecule has 0 bridgehead atoms. The Balaban J connectivity index is 2.19. The summed E-state index contributed by atoms with van der Waals surface area (Å²) in [4.78, 5) is 13.5. The molecular weight excluding hydrogens is 200 g/mol. The number of anilines is 2. The summed E-state index contributed by atoms with van der Waals surface area (Å²) in [5.74, 6) is 0.660. The van der Waals surface area contributed by atoms with Crippen LogP contribution in [0.5, 0.6) is 0 Å². The van der Waals surface area contributed by atoms with Crippen molar-refractivity contribution in [2.45, 2.75) is 32.1 Å². The second-order valence-corrected chi connectivity index (χ2v) is 4.78. The first-order chi connectivity index (χ1) is 7.68. The van der Waals surface area contributed by atoms with E-state index in [4.69, 9.17) is 5.73 Å². The van der Waals surface area contributed by atoms with Crippen LogP contribution in [-0.4, -0.2) is 12.5 Å². The second kappa shape index (κ2) is 3.24. The quantitative estimate of drug-likeness (QED) is 0.675. The Hall–Kier alpha value is -1.51. The first-order valence-corrected chi connectivity index (χ1v) is 5.88. The van der Waals surface area contributed by atoms with E-state index in [1.54, 1.807) is 6.92 Å². The number of nitrogens with two attached hydrogens (primary N) is 1. The van der Waals surface area contributed by atoms with E-state index < -0.39 is 0 Å². The fraction of sp³-hybridized carbons (Fsp3) is 0.462. The molecule has 2 aliphatic rings. The van der Waals surface area contributed by atoms with E-state index in [-0.39, 0.29) is 5.91 Å². The molecule has 0 spiro atoms. The summed E-state index contributed by atoms with van der Waals surface area (Å²) < 4.78 is 0. The van der Waals surface area contributed by atoms with E-state index in [2.05, 4.69) is 0 Å². The Morgan fingerprint density at radius 3 is 3.06 bits per heavy atom. The largest absolute Gasteiger partial charge is 0.398 e. The summed E-state index contributed by atoms with van der Waals surface area (Å²) in [5.41, 5.74) is 10.7. The Bertz CT molecular complexity index is 467. The highest BCUT2D eigenvalue weighted by molar-refractivity contribution is 5.95. The van der Waals surface area contributed by atoms with Crippen molar-refractivity contribution in [3.63, 3.8) is 0 Å². The average Bonchev–Trinajstić information content (AvgIpc) is 2.64. The van der Waals surface area contributed by atoms with E-state index in [0.717, 1.165) is 24.3 Å². The van der Waals surface area contributed by atoms with Crippen LogP contribution in [0.4, 0.5) is 11.4 Å². The summed E-state index contributed by atoms with van der Waals surface area (Å²) in [6.45, 7) is 2.49. The van der Waals surface area contributed by atoms with Gasteiger partial charge in [-0.1, -0.05) is 0 Å². The minimum atomic E-state index is 0.140. The Kier molecular flexibility index (Phi) is 1.96. The lowest BCUT2D eigenvalue weighted by Gasteiger charge is -2.21. The first kappa shape index (κ1) is 9.70. The lowest BCUT2D eigenvalue weighted by molar-refractivity contribution is -0.116. The van der Waals surface area contributed by atoms with Crippen LogP contribution in [0.25, 0.3) is 0 Å². The van der Waals surface area contributed by atoms with Crippen LogP contribution >= 0.6 is 0 Å². The van der Waals surface area contributed by atoms with Gasteiger partial charge in [0.25, 0.3) is 0 Å². The van der Waals surface area contributed by atoms with Crippen LogP contribution in [0.3, 0.4) is 0 Å². The minimum absolute atomic E-state index is 0.140. The predicted octanol–water partition coefficient (Wildman–Crippen LogP) is 2.06. The van der Waals surface area contributed by atoms with Gasteiger partial charge in [-0.2, -0.15) is 0 Å². The van der Waals surface area contributed by atoms with Crippen molar-refractivity contribution in [2.75, 3.05) is 17.2 Å². The second-order valence-electron chi connectivity index (χ2n) is 4.78. The van der Waals surface area contributed by atoms with Crippen molar-refractivity contribution in [1.82, 2.24) is 0 Å². The van der Waals surface area contributed by atoms with E-state index >= 15 is 0 Å². The van der Waals surface area contributed by atoms with Gasteiger partial charge in [0, 0.05) is 30.8 Å². The van der Waals surface area contributed by atoms with Gasteiger partial charge >= 0.3 is 0 Å². The number of amides is 1. The summed E-state index contributed by atoms with van der Waals surface area (Å²) >= 11 is 0. The molecule has 1 aromatic rings. The van der Waals surface area contributed by atoms with E-state index in [1.165, 1.54) is 24.0 Å². The third-order valence-corrected chi connectivity index (χ3v) is 3.83. The first-order valence-electron chi connectivity index (χ1n) is 5.88. The molecule has 1 amide bonds. The number of carbonyl (C=O) groups excluding carboxylic acids is 1. The molecule has 0 radical (unpaired) electrons. The Morgan fingerprint density at radius 2 is 2.31 bits per heavy atom. The summed E-state index contributed by atoms with van der Waals surface area (Å²) in [6, 6.07) is 3.94. The lowest BCUT2D eigenvalue weighted by Crippen LogP contribution is -2.26. The molecule has 1 aliphatic heterocycles. The van der Waals surface area contributed by atoms with Crippen LogP contribution in [0.1, 0.15) is 36.8 Å². The maximum atomic E-state index is 11.6. The summed E-state index contributed by atoms with van der Waals surface area (Å²) in [6.07, 6.45) is 3.45. The van der Waals surface area contributed by atoms with Crippen molar-refractivity contribution >= 4 is 17.3 Å². The van der Waals surface area contributed by atoms with Gasteiger partial charge in [-0.3, -0.25) is 4.79 Å². The fourth-order valence-corrected chi connectivity index (χ4v) is 3.11. The number of hydrogen-bond donors (Lipinski definition) is 1. The van der Waals surface area contributed by atoms with Crippen LogP contribution in [0, 0.1) is 0 Å². The van der Waals surface area contributed by atoms with Gasteiger partial charge in [0.1, 0.15) is 0 Å². The van der Waals surface area contributed by atoms with Crippen LogP contribution in [0.2, 0.25) is 0 Å². The van der Waals surface area contributed by atoms with Crippen molar-refractivity contribution in [1.29, 1.82) is 0 Å². The summed E-state index contributed by atoms with van der Waals surface area (Å²) in [5, 5.41) is 0. The topological polar surface area (TPSA) is 46.3 Å². The molecular formula is C13H16N2O. The molecule has 16 heavy (non-hydrogen) atoms. The highest BCUT2D eigenvalue weighted by atomic mass is 16.2. The molecule has 84 valence electrons. The van der Waals surface area contributed by atoms with Gasteiger partial charge in [-0.25, -0.2) is 0 Å². The van der Waals surface area contributed by atoms with Gasteiger partial charge in [0.15, 0.2) is 0 Å². The van der Waals surface area contributed by atoms with E-state index in [1.807, 2.05) is 17.0 Å². The molecule has 0 saturated heterocycles. The van der Waals surface area contributed by atoms with E-state index in [0.29, 0.717) is 5.92 Å². The SMILES string of the molecule is CC(=O)N1CC2CCCc3c(N)ccc1c32. The molecule has 2 N–H and O–H groups in total. The molecule has 1 aromatic carbocycles. The standard InChI is InChI=1S/C13H16N2O/c1-8(16)15-7-9-3-2-4-10-11(14)5-6-12(15)13(9)10/h5-6,9H,2-4,7,14H2,1H3. The smallest absolute Gasteiger partial charge is 0.223 e. The zero-order valence-corrected chi connectivity index (χ0v) is 9.49. The molecule has 1 heterocycles.